The lowest BCUT2D eigenvalue weighted by Crippen LogP contribution is -2.15. The highest BCUT2D eigenvalue weighted by molar-refractivity contribution is 7.91. The molecule has 28 heavy (non-hydrogen) atoms. The fourth-order valence-electron chi connectivity index (χ4n) is 2.35. The molecule has 0 spiro atoms. The monoisotopic (exact) mass is 428 g/mol. The van der Waals surface area contributed by atoms with Crippen LogP contribution in [0.4, 0.5) is 16.2 Å². The van der Waals surface area contributed by atoms with Crippen LogP contribution in [-0.4, -0.2) is 34.1 Å². The van der Waals surface area contributed by atoms with Gasteiger partial charge in [-0.3, -0.25) is 9.87 Å². The molecule has 0 bridgehead atoms. The van der Waals surface area contributed by atoms with Gasteiger partial charge in [-0.15, -0.1) is 0 Å². The van der Waals surface area contributed by atoms with E-state index in [9.17, 15) is 26.2 Å². The fourth-order valence-corrected chi connectivity index (χ4v) is 4.61. The number of sulfone groups is 1. The molecule has 0 saturated heterocycles. The van der Waals surface area contributed by atoms with Crippen LogP contribution in [0.15, 0.2) is 51.1 Å². The number of nitrogen functional groups attached to an aromatic ring is 1. The molecule has 0 atom stereocenters. The Morgan fingerprint density at radius 3 is 2.39 bits per heavy atom. The third-order valence-electron chi connectivity index (χ3n) is 3.73. The molecule has 0 aliphatic rings. The smallest absolute Gasteiger partial charge is 0.411 e. The van der Waals surface area contributed by atoms with Crippen molar-refractivity contribution in [3.63, 3.8) is 0 Å². The first kappa shape index (κ1) is 21.7. The van der Waals surface area contributed by atoms with Crippen LogP contribution >= 0.6 is 0 Å². The minimum absolute atomic E-state index is 0.0959. The first-order chi connectivity index (χ1) is 13.0. The zero-order valence-electron chi connectivity index (χ0n) is 15.2. The molecular formula is C17H20N2O7S2. The van der Waals surface area contributed by atoms with E-state index in [1.807, 2.05) is 6.92 Å². The van der Waals surface area contributed by atoms with Gasteiger partial charge in [-0.1, -0.05) is 13.0 Å². The van der Waals surface area contributed by atoms with Crippen molar-refractivity contribution >= 4 is 37.4 Å². The largest absolute Gasteiger partial charge is 0.449 e. The predicted molar refractivity (Wildman–Crippen MR) is 103 cm³/mol. The molecule has 11 heteroatoms. The number of nitrogens with two attached hydrogens (primary N) is 1. The van der Waals surface area contributed by atoms with Crippen LogP contribution < -0.4 is 11.1 Å². The maximum absolute atomic E-state index is 13.0. The molecule has 152 valence electrons. The Labute approximate surface area is 163 Å². The standard InChI is InChI=1S/C17H20N2O7S2/c1-3-8-26-17(20)19-12-5-7-14(18)16(9-12)27(21,22)13-6-4-11(2)15(10-13)28(23,24)25/h4-7,9-10H,3,8,18H2,1-2H3,(H,19,20)(H,23,24,25). The van der Waals surface area contributed by atoms with Gasteiger partial charge in [0.25, 0.3) is 10.1 Å². The number of carbonyl (C=O) groups is 1. The lowest BCUT2D eigenvalue weighted by molar-refractivity contribution is 0.161. The van der Waals surface area contributed by atoms with Gasteiger partial charge in [-0.05, 0) is 49.2 Å². The number of rotatable bonds is 6. The number of aryl methyl sites for hydroxylation is 1. The van der Waals surface area contributed by atoms with Crippen molar-refractivity contribution < 1.29 is 30.9 Å². The fraction of sp³-hybridized carbons (Fsp3) is 0.235. The Hall–Kier alpha value is -2.63. The van der Waals surface area contributed by atoms with E-state index in [1.54, 1.807) is 0 Å². The van der Waals surface area contributed by atoms with E-state index in [1.165, 1.54) is 31.2 Å². The van der Waals surface area contributed by atoms with E-state index in [4.69, 9.17) is 10.5 Å². The van der Waals surface area contributed by atoms with Crippen LogP contribution in [0.1, 0.15) is 18.9 Å². The molecule has 4 N–H and O–H groups in total. The lowest BCUT2D eigenvalue weighted by Gasteiger charge is -2.12. The van der Waals surface area contributed by atoms with Crippen molar-refractivity contribution in [2.45, 2.75) is 35.0 Å². The quantitative estimate of drug-likeness (QED) is 0.469. The highest BCUT2D eigenvalue weighted by atomic mass is 32.2. The summed E-state index contributed by atoms with van der Waals surface area (Å²) in [5.74, 6) is 0. The first-order valence-corrected chi connectivity index (χ1v) is 11.1. The summed E-state index contributed by atoms with van der Waals surface area (Å²) in [5, 5.41) is 2.40. The molecule has 0 radical (unpaired) electrons. The molecule has 0 unspecified atom stereocenters. The summed E-state index contributed by atoms with van der Waals surface area (Å²) in [5.41, 5.74) is 6.01. The minimum atomic E-state index is -4.61. The number of ether oxygens (including phenoxy) is 1. The zero-order valence-corrected chi connectivity index (χ0v) is 16.8. The molecule has 2 rings (SSSR count). The zero-order chi connectivity index (χ0) is 21.1. The second-order valence-corrected chi connectivity index (χ2v) is 9.23. The van der Waals surface area contributed by atoms with E-state index in [0.29, 0.717) is 6.42 Å². The van der Waals surface area contributed by atoms with Crippen LogP contribution in [0.2, 0.25) is 0 Å². The Morgan fingerprint density at radius 1 is 1.11 bits per heavy atom. The summed E-state index contributed by atoms with van der Waals surface area (Å²) >= 11 is 0. The van der Waals surface area contributed by atoms with E-state index in [0.717, 1.165) is 12.1 Å². The first-order valence-electron chi connectivity index (χ1n) is 8.13. The number of benzene rings is 2. The number of hydrogen-bond donors (Lipinski definition) is 3. The molecule has 0 aromatic heterocycles. The molecule has 2 aromatic rings. The predicted octanol–water partition coefficient (Wildman–Crippen LogP) is 2.62. The van der Waals surface area contributed by atoms with Crippen molar-refractivity contribution in [1.29, 1.82) is 0 Å². The molecule has 0 aliphatic heterocycles. The van der Waals surface area contributed by atoms with Crippen molar-refractivity contribution in [1.82, 2.24) is 0 Å². The van der Waals surface area contributed by atoms with Crippen molar-refractivity contribution in [2.75, 3.05) is 17.7 Å². The summed E-state index contributed by atoms with van der Waals surface area (Å²) in [6.45, 7) is 3.44. The average Bonchev–Trinajstić information content (AvgIpc) is 2.60. The topological polar surface area (TPSA) is 153 Å². The van der Waals surface area contributed by atoms with E-state index >= 15 is 0 Å². The highest BCUT2D eigenvalue weighted by Crippen LogP contribution is 2.30. The van der Waals surface area contributed by atoms with Crippen LogP contribution in [0, 0.1) is 6.92 Å². The van der Waals surface area contributed by atoms with Gasteiger partial charge < -0.3 is 10.5 Å². The number of anilines is 2. The number of amides is 1. The summed E-state index contributed by atoms with van der Waals surface area (Å²) < 4.78 is 63.0. The third kappa shape index (κ3) is 4.80. The SMILES string of the molecule is CCCOC(=O)Nc1ccc(N)c(S(=O)(=O)c2ccc(C)c(S(=O)(=O)O)c2)c1. The number of nitrogens with one attached hydrogen (secondary N) is 1. The van der Waals surface area contributed by atoms with Crippen LogP contribution in [0.25, 0.3) is 0 Å². The van der Waals surface area contributed by atoms with E-state index in [2.05, 4.69) is 5.32 Å². The van der Waals surface area contributed by atoms with Gasteiger partial charge in [0.1, 0.15) is 0 Å². The Balaban J connectivity index is 2.49. The van der Waals surface area contributed by atoms with Crippen LogP contribution in [0.5, 0.6) is 0 Å². The third-order valence-corrected chi connectivity index (χ3v) is 6.54. The maximum Gasteiger partial charge on any atom is 0.411 e. The molecule has 2 aromatic carbocycles. The minimum Gasteiger partial charge on any atom is -0.449 e. The van der Waals surface area contributed by atoms with Gasteiger partial charge in [-0.25, -0.2) is 13.2 Å². The van der Waals surface area contributed by atoms with Crippen molar-refractivity contribution in [3.05, 3.63) is 42.0 Å². The molecule has 0 saturated carbocycles. The van der Waals surface area contributed by atoms with Crippen LogP contribution in [-0.2, 0) is 24.7 Å². The number of carbonyl (C=O) groups excluding carboxylic acids is 1. The highest BCUT2D eigenvalue weighted by Gasteiger charge is 2.24. The van der Waals surface area contributed by atoms with Gasteiger partial charge in [-0.2, -0.15) is 8.42 Å². The molecule has 0 fully saturated rings. The summed E-state index contributed by atoms with van der Waals surface area (Å²) in [7, 11) is -8.85. The van der Waals surface area contributed by atoms with Crippen molar-refractivity contribution in [3.8, 4) is 0 Å². The summed E-state index contributed by atoms with van der Waals surface area (Å²) in [6.07, 6.45) is -0.128. The van der Waals surface area contributed by atoms with Gasteiger partial charge in [0.15, 0.2) is 0 Å². The normalized spacial score (nSPS) is 11.8. The van der Waals surface area contributed by atoms with Gasteiger partial charge >= 0.3 is 6.09 Å². The maximum atomic E-state index is 13.0. The van der Waals surface area contributed by atoms with Gasteiger partial charge in [0.2, 0.25) is 9.84 Å². The molecule has 1 amide bonds. The second kappa shape index (κ2) is 8.17. The van der Waals surface area contributed by atoms with Crippen LogP contribution in [0.3, 0.4) is 0 Å². The average molecular weight is 428 g/mol. The molecule has 0 heterocycles. The molecular weight excluding hydrogens is 408 g/mol. The lowest BCUT2D eigenvalue weighted by atomic mass is 10.2. The number of hydrogen-bond acceptors (Lipinski definition) is 7. The Kier molecular flexibility index (Phi) is 6.32. The summed E-state index contributed by atoms with van der Waals surface area (Å²) in [4.78, 5) is 10.4. The second-order valence-electron chi connectivity index (χ2n) is 5.92. The summed E-state index contributed by atoms with van der Waals surface area (Å²) in [6, 6.07) is 7.16. The van der Waals surface area contributed by atoms with Gasteiger partial charge in [0.05, 0.1) is 27.0 Å². The van der Waals surface area contributed by atoms with E-state index < -0.39 is 30.9 Å². The molecule has 9 nitrogen and oxygen atoms in total. The Bertz CT molecular complexity index is 1110. The van der Waals surface area contributed by atoms with E-state index in [-0.39, 0.29) is 33.3 Å². The van der Waals surface area contributed by atoms with Crippen molar-refractivity contribution in [2.24, 2.45) is 0 Å². The Morgan fingerprint density at radius 2 is 1.79 bits per heavy atom. The molecule has 0 aliphatic carbocycles. The van der Waals surface area contributed by atoms with Gasteiger partial charge in [0, 0.05) is 5.69 Å².